The van der Waals surface area contributed by atoms with Gasteiger partial charge in [-0.25, -0.2) is 0 Å². The molecule has 0 heteroatoms. The largest absolute Gasteiger partial charge is 0.0996 e. The number of hydrogen-bond acceptors (Lipinski definition) is 0. The maximum absolute atomic E-state index is 4.37. The quantitative estimate of drug-likeness (QED) is 0.496. The standard InChI is InChI=1S/C20H32/c1-16(2)8-6-11-19(5)20-14-12-17(3)9-7-10-18(4)13-15-20/h8-9,13,20H,5-7,10-12,14-15H2,1-4H3. The normalized spacial score (nSPS) is 20.7. The zero-order valence-corrected chi connectivity index (χ0v) is 14.0. The summed E-state index contributed by atoms with van der Waals surface area (Å²) in [7, 11) is 0. The first-order valence-corrected chi connectivity index (χ1v) is 8.11. The summed E-state index contributed by atoms with van der Waals surface area (Å²) < 4.78 is 0. The van der Waals surface area contributed by atoms with Crippen LogP contribution < -0.4 is 0 Å². The van der Waals surface area contributed by atoms with Gasteiger partial charge < -0.3 is 0 Å². The zero-order valence-electron chi connectivity index (χ0n) is 14.0. The maximum Gasteiger partial charge on any atom is -0.0168 e. The Kier molecular flexibility index (Phi) is 7.65. The average molecular weight is 272 g/mol. The third kappa shape index (κ3) is 6.93. The third-order valence-electron chi connectivity index (χ3n) is 4.26. The summed E-state index contributed by atoms with van der Waals surface area (Å²) in [5.74, 6) is 0.664. The van der Waals surface area contributed by atoms with Crippen LogP contribution in [0.4, 0.5) is 0 Å². The molecular weight excluding hydrogens is 240 g/mol. The summed E-state index contributed by atoms with van der Waals surface area (Å²) in [6.45, 7) is 13.3. The van der Waals surface area contributed by atoms with Crippen molar-refractivity contribution in [3.8, 4) is 0 Å². The van der Waals surface area contributed by atoms with Crippen LogP contribution in [0.15, 0.2) is 47.1 Å². The van der Waals surface area contributed by atoms with Gasteiger partial charge in [-0.2, -0.15) is 0 Å². The highest BCUT2D eigenvalue weighted by molar-refractivity contribution is 5.11. The molecule has 1 unspecified atom stereocenters. The molecule has 0 N–H and O–H groups in total. The summed E-state index contributed by atoms with van der Waals surface area (Å²) in [6.07, 6.45) is 15.6. The van der Waals surface area contributed by atoms with E-state index in [1.165, 1.54) is 48.8 Å². The predicted octanol–water partition coefficient (Wildman–Crippen LogP) is 6.76. The van der Waals surface area contributed by atoms with E-state index in [1.54, 1.807) is 5.57 Å². The van der Waals surface area contributed by atoms with E-state index in [1.807, 2.05) is 0 Å². The van der Waals surface area contributed by atoms with E-state index in [0.29, 0.717) is 5.92 Å². The highest BCUT2D eigenvalue weighted by atomic mass is 14.2. The van der Waals surface area contributed by atoms with Gasteiger partial charge in [0, 0.05) is 0 Å². The molecule has 1 atom stereocenters. The minimum Gasteiger partial charge on any atom is -0.0996 e. The lowest BCUT2D eigenvalue weighted by molar-refractivity contribution is 0.543. The summed E-state index contributed by atoms with van der Waals surface area (Å²) in [5.41, 5.74) is 5.96. The van der Waals surface area contributed by atoms with Crippen LogP contribution in [0.5, 0.6) is 0 Å². The van der Waals surface area contributed by atoms with Crippen molar-refractivity contribution in [2.75, 3.05) is 0 Å². The highest BCUT2D eigenvalue weighted by Crippen LogP contribution is 2.28. The Balaban J connectivity index is 2.62. The molecule has 1 aliphatic rings. The van der Waals surface area contributed by atoms with Crippen LogP contribution in [0.2, 0.25) is 0 Å². The molecule has 0 saturated heterocycles. The van der Waals surface area contributed by atoms with Gasteiger partial charge in [0.1, 0.15) is 0 Å². The third-order valence-corrected chi connectivity index (χ3v) is 4.26. The Morgan fingerprint density at radius 2 is 1.90 bits per heavy atom. The molecule has 112 valence electrons. The van der Waals surface area contributed by atoms with E-state index in [0.717, 1.165) is 12.8 Å². The Hall–Kier alpha value is -1.04. The van der Waals surface area contributed by atoms with Gasteiger partial charge in [-0.05, 0) is 78.6 Å². The molecule has 20 heavy (non-hydrogen) atoms. The van der Waals surface area contributed by atoms with E-state index in [9.17, 15) is 0 Å². The second-order valence-electron chi connectivity index (χ2n) is 6.59. The topological polar surface area (TPSA) is 0 Å². The molecule has 0 aliphatic heterocycles. The molecular formula is C20H32. The van der Waals surface area contributed by atoms with Gasteiger partial charge >= 0.3 is 0 Å². The van der Waals surface area contributed by atoms with Crippen molar-refractivity contribution in [3.05, 3.63) is 47.1 Å². The van der Waals surface area contributed by atoms with Gasteiger partial charge in [0.2, 0.25) is 0 Å². The van der Waals surface area contributed by atoms with Gasteiger partial charge in [-0.1, -0.05) is 47.1 Å². The summed E-state index contributed by atoms with van der Waals surface area (Å²) >= 11 is 0. The summed E-state index contributed by atoms with van der Waals surface area (Å²) in [5, 5.41) is 0. The fraction of sp³-hybridized carbons (Fsp3) is 0.600. The van der Waals surface area contributed by atoms with Crippen LogP contribution in [0.3, 0.4) is 0 Å². The highest BCUT2D eigenvalue weighted by Gasteiger charge is 2.12. The van der Waals surface area contributed by atoms with Gasteiger partial charge in [0.05, 0.1) is 0 Å². The number of allylic oxidation sites excluding steroid dienone is 7. The lowest BCUT2D eigenvalue weighted by Crippen LogP contribution is -2.04. The molecule has 0 aromatic heterocycles. The molecule has 0 bridgehead atoms. The van der Waals surface area contributed by atoms with Crippen molar-refractivity contribution >= 4 is 0 Å². The second-order valence-corrected chi connectivity index (χ2v) is 6.59. The maximum atomic E-state index is 4.37. The molecule has 1 aliphatic carbocycles. The number of rotatable bonds is 4. The molecule has 0 radical (unpaired) electrons. The van der Waals surface area contributed by atoms with Gasteiger partial charge in [-0.15, -0.1) is 0 Å². The average Bonchev–Trinajstić information content (AvgIpc) is 2.37. The van der Waals surface area contributed by atoms with Gasteiger partial charge in [-0.3, -0.25) is 0 Å². The van der Waals surface area contributed by atoms with Crippen LogP contribution in [0.25, 0.3) is 0 Å². The Bertz CT molecular complexity index is 400. The van der Waals surface area contributed by atoms with E-state index in [4.69, 9.17) is 0 Å². The van der Waals surface area contributed by atoms with Crippen molar-refractivity contribution in [2.45, 2.75) is 72.6 Å². The van der Waals surface area contributed by atoms with Crippen molar-refractivity contribution in [1.82, 2.24) is 0 Å². The lowest BCUT2D eigenvalue weighted by Gasteiger charge is -2.20. The van der Waals surface area contributed by atoms with Gasteiger partial charge in [0.25, 0.3) is 0 Å². The molecule has 0 saturated carbocycles. The monoisotopic (exact) mass is 272 g/mol. The van der Waals surface area contributed by atoms with E-state index >= 15 is 0 Å². The van der Waals surface area contributed by atoms with Crippen LogP contribution in [-0.2, 0) is 0 Å². The van der Waals surface area contributed by atoms with Crippen molar-refractivity contribution in [2.24, 2.45) is 5.92 Å². The fourth-order valence-corrected chi connectivity index (χ4v) is 2.73. The predicted molar refractivity (Wildman–Crippen MR) is 91.9 cm³/mol. The Morgan fingerprint density at radius 1 is 1.20 bits per heavy atom. The second kappa shape index (κ2) is 9.00. The van der Waals surface area contributed by atoms with Crippen LogP contribution in [0.1, 0.15) is 72.6 Å². The molecule has 0 heterocycles. The molecule has 0 aromatic rings. The van der Waals surface area contributed by atoms with Crippen molar-refractivity contribution in [3.63, 3.8) is 0 Å². The first kappa shape index (κ1) is 17.0. The first-order valence-electron chi connectivity index (χ1n) is 8.11. The SMILES string of the molecule is C=C(CCC=C(C)C)C1CC=C(C)CCC=C(C)CC1. The number of hydrogen-bond donors (Lipinski definition) is 0. The van der Waals surface area contributed by atoms with E-state index in [2.05, 4.69) is 52.5 Å². The van der Waals surface area contributed by atoms with Crippen molar-refractivity contribution < 1.29 is 0 Å². The summed E-state index contributed by atoms with van der Waals surface area (Å²) in [4.78, 5) is 0. The molecule has 0 aromatic carbocycles. The minimum absolute atomic E-state index is 0.664. The first-order chi connectivity index (χ1) is 9.49. The van der Waals surface area contributed by atoms with Crippen molar-refractivity contribution in [1.29, 1.82) is 0 Å². The zero-order chi connectivity index (χ0) is 15.0. The Morgan fingerprint density at radius 3 is 2.60 bits per heavy atom. The Labute approximate surface area is 126 Å². The smallest absolute Gasteiger partial charge is 0.0168 e. The minimum atomic E-state index is 0.664. The van der Waals surface area contributed by atoms with E-state index < -0.39 is 0 Å². The molecule has 0 amide bonds. The van der Waals surface area contributed by atoms with Gasteiger partial charge in [0.15, 0.2) is 0 Å². The molecule has 0 spiro atoms. The van der Waals surface area contributed by atoms with Crippen LogP contribution in [-0.4, -0.2) is 0 Å². The fourth-order valence-electron chi connectivity index (χ4n) is 2.73. The molecule has 1 rings (SSSR count). The molecule has 0 nitrogen and oxygen atoms in total. The molecule has 0 fully saturated rings. The summed E-state index contributed by atoms with van der Waals surface area (Å²) in [6, 6.07) is 0. The van der Waals surface area contributed by atoms with Crippen LogP contribution >= 0.6 is 0 Å². The van der Waals surface area contributed by atoms with Crippen LogP contribution in [0, 0.1) is 5.92 Å². The van der Waals surface area contributed by atoms with E-state index in [-0.39, 0.29) is 0 Å². The lowest BCUT2D eigenvalue weighted by atomic mass is 9.86.